The Balaban J connectivity index is 2.00. The van der Waals surface area contributed by atoms with E-state index in [4.69, 9.17) is 9.84 Å². The lowest BCUT2D eigenvalue weighted by molar-refractivity contribution is -0.138. The van der Waals surface area contributed by atoms with Crippen LogP contribution in [0.3, 0.4) is 0 Å². The lowest BCUT2D eigenvalue weighted by Crippen LogP contribution is -2.35. The molecule has 116 valence electrons. The molecule has 1 aromatic rings. The first-order valence-electron chi connectivity index (χ1n) is 7.19. The number of anilines is 1. The van der Waals surface area contributed by atoms with Crippen LogP contribution in [0.25, 0.3) is 0 Å². The molecule has 0 radical (unpaired) electrons. The molecule has 0 amide bonds. The number of rotatable bonds is 5. The summed E-state index contributed by atoms with van der Waals surface area (Å²) in [5, 5.41) is 8.93. The normalized spacial score (nSPS) is 20.0. The lowest BCUT2D eigenvalue weighted by atomic mass is 10.0. The van der Waals surface area contributed by atoms with Gasteiger partial charge in [0, 0.05) is 38.8 Å². The zero-order valence-electron chi connectivity index (χ0n) is 12.7. The third-order valence-electron chi connectivity index (χ3n) is 3.53. The van der Waals surface area contributed by atoms with E-state index in [1.807, 2.05) is 42.1 Å². The highest BCUT2D eigenvalue weighted by molar-refractivity contribution is 5.69. The Kier molecular flexibility index (Phi) is 5.52. The molecule has 1 N–H and O–H groups in total. The van der Waals surface area contributed by atoms with Crippen molar-refractivity contribution in [1.82, 2.24) is 9.88 Å². The minimum absolute atomic E-state index is 0.0744. The van der Waals surface area contributed by atoms with Crippen molar-refractivity contribution >= 4 is 11.8 Å². The maximum absolute atomic E-state index is 10.9. The molecule has 0 aromatic carbocycles. The number of hydrogen-bond donors (Lipinski definition) is 1. The summed E-state index contributed by atoms with van der Waals surface area (Å²) in [4.78, 5) is 19.4. The molecular weight excluding hydrogens is 270 g/mol. The second-order valence-corrected chi connectivity index (χ2v) is 5.66. The Morgan fingerprint density at radius 3 is 3.05 bits per heavy atom. The maximum Gasteiger partial charge on any atom is 0.317 e. The molecule has 0 saturated carbocycles. The fraction of sp³-hybridized carbons (Fsp3) is 0.600. The van der Waals surface area contributed by atoms with Gasteiger partial charge >= 0.3 is 5.97 Å². The standard InChI is InChI=1S/C15H23N3O3/c1-17(2)14-5-3-4-13(16-14)8-12-9-18(10-15(19)20)6-7-21-11-12/h3-5,12H,6-11H2,1-2H3,(H,19,20)/t12-/m1/s1. The van der Waals surface area contributed by atoms with Crippen LogP contribution < -0.4 is 4.90 Å². The average Bonchev–Trinajstić information content (AvgIpc) is 2.63. The van der Waals surface area contributed by atoms with Gasteiger partial charge in [0.15, 0.2) is 0 Å². The van der Waals surface area contributed by atoms with Crippen LogP contribution in [0.4, 0.5) is 5.82 Å². The molecule has 6 heteroatoms. The molecule has 1 saturated heterocycles. The van der Waals surface area contributed by atoms with Gasteiger partial charge in [0.25, 0.3) is 0 Å². The predicted molar refractivity (Wildman–Crippen MR) is 80.7 cm³/mol. The highest BCUT2D eigenvalue weighted by Gasteiger charge is 2.21. The summed E-state index contributed by atoms with van der Waals surface area (Å²) < 4.78 is 5.60. The van der Waals surface area contributed by atoms with E-state index in [-0.39, 0.29) is 12.5 Å². The van der Waals surface area contributed by atoms with Crippen molar-refractivity contribution < 1.29 is 14.6 Å². The first-order chi connectivity index (χ1) is 10.0. The molecule has 0 aliphatic carbocycles. The number of carboxylic acid groups (broad SMARTS) is 1. The summed E-state index contributed by atoms with van der Waals surface area (Å²) >= 11 is 0. The van der Waals surface area contributed by atoms with E-state index in [1.165, 1.54) is 0 Å². The van der Waals surface area contributed by atoms with E-state index in [1.54, 1.807) is 0 Å². The molecule has 21 heavy (non-hydrogen) atoms. The van der Waals surface area contributed by atoms with E-state index in [0.717, 1.165) is 24.5 Å². The zero-order chi connectivity index (χ0) is 15.2. The van der Waals surface area contributed by atoms with Gasteiger partial charge in [0.05, 0.1) is 19.8 Å². The van der Waals surface area contributed by atoms with Crippen molar-refractivity contribution in [3.63, 3.8) is 0 Å². The fourth-order valence-corrected chi connectivity index (χ4v) is 2.54. The largest absolute Gasteiger partial charge is 0.480 e. The Bertz CT molecular complexity index is 479. The SMILES string of the molecule is CN(C)c1cccc(C[C@H]2COCCN(CC(=O)O)C2)n1. The molecule has 2 heterocycles. The van der Waals surface area contributed by atoms with Gasteiger partial charge in [0.2, 0.25) is 0 Å². The van der Waals surface area contributed by atoms with Crippen molar-refractivity contribution in [1.29, 1.82) is 0 Å². The second kappa shape index (κ2) is 7.38. The van der Waals surface area contributed by atoms with E-state index in [9.17, 15) is 4.79 Å². The van der Waals surface area contributed by atoms with Crippen molar-refractivity contribution in [3.8, 4) is 0 Å². The lowest BCUT2D eigenvalue weighted by Gasteiger charge is -2.21. The van der Waals surface area contributed by atoms with Crippen LogP contribution in [0.15, 0.2) is 18.2 Å². The van der Waals surface area contributed by atoms with Gasteiger partial charge in [-0.2, -0.15) is 0 Å². The number of nitrogens with zero attached hydrogens (tertiary/aromatic N) is 3. The Labute approximate surface area is 125 Å². The van der Waals surface area contributed by atoms with Crippen molar-refractivity contribution in [2.24, 2.45) is 5.92 Å². The number of carbonyl (C=O) groups is 1. The number of pyridine rings is 1. The zero-order valence-corrected chi connectivity index (χ0v) is 12.7. The third kappa shape index (κ3) is 4.99. The van der Waals surface area contributed by atoms with E-state index in [0.29, 0.717) is 19.8 Å². The van der Waals surface area contributed by atoms with Crippen LogP contribution in [0, 0.1) is 5.92 Å². The molecule has 0 bridgehead atoms. The average molecular weight is 293 g/mol. The second-order valence-electron chi connectivity index (χ2n) is 5.66. The topological polar surface area (TPSA) is 65.9 Å². The van der Waals surface area contributed by atoms with Gasteiger partial charge in [-0.25, -0.2) is 4.98 Å². The number of aliphatic carboxylic acids is 1. The van der Waals surface area contributed by atoms with Crippen molar-refractivity contribution in [2.75, 3.05) is 51.8 Å². The van der Waals surface area contributed by atoms with Gasteiger partial charge < -0.3 is 14.7 Å². The molecular formula is C15H23N3O3. The predicted octanol–water partition coefficient (Wildman–Crippen LogP) is 0.723. The van der Waals surface area contributed by atoms with E-state index >= 15 is 0 Å². The molecule has 1 aromatic heterocycles. The number of carboxylic acids is 1. The third-order valence-corrected chi connectivity index (χ3v) is 3.53. The molecule has 1 atom stereocenters. The van der Waals surface area contributed by atoms with Crippen LogP contribution >= 0.6 is 0 Å². The molecule has 1 aliphatic heterocycles. The molecule has 0 unspecified atom stereocenters. The number of aromatic nitrogens is 1. The molecule has 2 rings (SSSR count). The fourth-order valence-electron chi connectivity index (χ4n) is 2.54. The molecule has 6 nitrogen and oxygen atoms in total. The highest BCUT2D eigenvalue weighted by atomic mass is 16.5. The van der Waals surface area contributed by atoms with Gasteiger partial charge in [-0.15, -0.1) is 0 Å². The van der Waals surface area contributed by atoms with Crippen molar-refractivity contribution in [3.05, 3.63) is 23.9 Å². The van der Waals surface area contributed by atoms with Crippen LogP contribution in [-0.4, -0.2) is 67.9 Å². The van der Waals surface area contributed by atoms with E-state index < -0.39 is 5.97 Å². The van der Waals surface area contributed by atoms with Crippen LogP contribution in [-0.2, 0) is 16.0 Å². The first-order valence-corrected chi connectivity index (χ1v) is 7.19. The van der Waals surface area contributed by atoms with E-state index in [2.05, 4.69) is 4.98 Å². The van der Waals surface area contributed by atoms with Crippen LogP contribution in [0.1, 0.15) is 5.69 Å². The quantitative estimate of drug-likeness (QED) is 0.863. The van der Waals surface area contributed by atoms with Crippen molar-refractivity contribution in [2.45, 2.75) is 6.42 Å². The van der Waals surface area contributed by atoms with Crippen LogP contribution in [0.2, 0.25) is 0 Å². The highest BCUT2D eigenvalue weighted by Crippen LogP contribution is 2.15. The van der Waals surface area contributed by atoms with Gasteiger partial charge in [-0.3, -0.25) is 9.69 Å². The Hall–Kier alpha value is -1.66. The molecule has 1 fully saturated rings. The summed E-state index contributed by atoms with van der Waals surface area (Å²) in [5.74, 6) is 0.421. The summed E-state index contributed by atoms with van der Waals surface area (Å²) in [7, 11) is 3.94. The number of ether oxygens (including phenoxy) is 1. The minimum atomic E-state index is -0.789. The Morgan fingerprint density at radius 2 is 2.33 bits per heavy atom. The van der Waals surface area contributed by atoms with Gasteiger partial charge in [-0.05, 0) is 18.6 Å². The van der Waals surface area contributed by atoms with Gasteiger partial charge in [-0.1, -0.05) is 6.07 Å². The molecule has 1 aliphatic rings. The molecule has 0 spiro atoms. The Morgan fingerprint density at radius 1 is 1.52 bits per heavy atom. The maximum atomic E-state index is 10.9. The summed E-state index contributed by atoms with van der Waals surface area (Å²) in [6.45, 7) is 2.73. The minimum Gasteiger partial charge on any atom is -0.480 e. The monoisotopic (exact) mass is 293 g/mol. The number of hydrogen-bond acceptors (Lipinski definition) is 5. The summed E-state index contributed by atoms with van der Waals surface area (Å²) in [5.41, 5.74) is 1.02. The summed E-state index contributed by atoms with van der Waals surface area (Å²) in [6.07, 6.45) is 0.803. The van der Waals surface area contributed by atoms with Gasteiger partial charge in [0.1, 0.15) is 5.82 Å². The van der Waals surface area contributed by atoms with Crippen LogP contribution in [0.5, 0.6) is 0 Å². The smallest absolute Gasteiger partial charge is 0.317 e. The summed E-state index contributed by atoms with van der Waals surface area (Å²) in [6, 6.07) is 5.99. The first kappa shape index (κ1) is 15.7.